The Kier molecular flexibility index (Phi) is 2.85. The van der Waals surface area contributed by atoms with Crippen molar-refractivity contribution >= 4 is 0 Å². The fraction of sp³-hybridized carbons (Fsp3) is 0.364. The molecule has 5 nitrogen and oxygen atoms in total. The molecular formula is C11H14N4O. The fourth-order valence-corrected chi connectivity index (χ4v) is 1.41. The molecule has 0 amide bonds. The molecule has 5 heteroatoms. The minimum Gasteiger partial charge on any atom is -0.491 e. The molecule has 1 aromatic heterocycles. The van der Waals surface area contributed by atoms with E-state index < -0.39 is 0 Å². The van der Waals surface area contributed by atoms with E-state index in [2.05, 4.69) is 15.5 Å². The van der Waals surface area contributed by atoms with E-state index >= 15 is 0 Å². The van der Waals surface area contributed by atoms with Gasteiger partial charge in [0.05, 0.1) is 11.8 Å². The van der Waals surface area contributed by atoms with Crippen molar-refractivity contribution in [1.29, 1.82) is 0 Å². The molecule has 2 rings (SSSR count). The van der Waals surface area contributed by atoms with Gasteiger partial charge in [0.1, 0.15) is 5.75 Å². The number of rotatable bonds is 3. The van der Waals surface area contributed by atoms with Crippen molar-refractivity contribution in [2.75, 3.05) is 0 Å². The lowest BCUT2D eigenvalue weighted by atomic mass is 10.3. The summed E-state index contributed by atoms with van der Waals surface area (Å²) in [6.07, 6.45) is 0.181. The van der Waals surface area contributed by atoms with E-state index in [1.165, 1.54) is 0 Å². The van der Waals surface area contributed by atoms with E-state index in [9.17, 15) is 0 Å². The molecule has 0 bridgehead atoms. The zero-order valence-electron chi connectivity index (χ0n) is 9.58. The molecule has 0 unspecified atom stereocenters. The monoisotopic (exact) mass is 218 g/mol. The highest BCUT2D eigenvalue weighted by molar-refractivity contribution is 5.36. The summed E-state index contributed by atoms with van der Waals surface area (Å²) in [6.45, 7) is 5.86. The van der Waals surface area contributed by atoms with Crippen molar-refractivity contribution < 1.29 is 4.74 Å². The molecule has 84 valence electrons. The molecule has 0 saturated heterocycles. The van der Waals surface area contributed by atoms with Crippen LogP contribution in [0.15, 0.2) is 24.3 Å². The molecule has 0 aliphatic rings. The van der Waals surface area contributed by atoms with Crippen molar-refractivity contribution in [1.82, 2.24) is 20.2 Å². The second kappa shape index (κ2) is 4.30. The Hall–Kier alpha value is -1.91. The smallest absolute Gasteiger partial charge is 0.153 e. The third-order valence-electron chi connectivity index (χ3n) is 2.08. The van der Waals surface area contributed by atoms with Gasteiger partial charge < -0.3 is 4.74 Å². The lowest BCUT2D eigenvalue weighted by Crippen LogP contribution is -2.05. The summed E-state index contributed by atoms with van der Waals surface area (Å²) in [6, 6.07) is 7.69. The van der Waals surface area contributed by atoms with E-state index in [0.717, 1.165) is 17.3 Å². The maximum Gasteiger partial charge on any atom is 0.153 e. The van der Waals surface area contributed by atoms with Crippen LogP contribution in [0.25, 0.3) is 5.69 Å². The van der Waals surface area contributed by atoms with E-state index in [-0.39, 0.29) is 6.10 Å². The third kappa shape index (κ3) is 2.18. The molecular weight excluding hydrogens is 204 g/mol. The maximum absolute atomic E-state index is 5.56. The van der Waals surface area contributed by atoms with Gasteiger partial charge in [-0.05, 0) is 55.5 Å². The van der Waals surface area contributed by atoms with Crippen LogP contribution in [-0.2, 0) is 0 Å². The number of aromatic nitrogens is 4. The van der Waals surface area contributed by atoms with Crippen molar-refractivity contribution in [2.24, 2.45) is 0 Å². The Balaban J connectivity index is 2.23. The van der Waals surface area contributed by atoms with E-state index in [1.54, 1.807) is 4.68 Å². The first-order chi connectivity index (χ1) is 7.66. The average molecular weight is 218 g/mol. The summed E-state index contributed by atoms with van der Waals surface area (Å²) in [7, 11) is 0. The van der Waals surface area contributed by atoms with Crippen LogP contribution >= 0.6 is 0 Å². The zero-order valence-corrected chi connectivity index (χ0v) is 9.58. The number of nitrogens with zero attached hydrogens (tertiary/aromatic N) is 4. The normalized spacial score (nSPS) is 10.8. The molecule has 0 saturated carbocycles. The van der Waals surface area contributed by atoms with Crippen molar-refractivity contribution in [2.45, 2.75) is 26.9 Å². The van der Waals surface area contributed by atoms with Crippen LogP contribution in [0.3, 0.4) is 0 Å². The largest absolute Gasteiger partial charge is 0.491 e. The summed E-state index contributed by atoms with van der Waals surface area (Å²) >= 11 is 0. The quantitative estimate of drug-likeness (QED) is 0.787. The number of ether oxygens (including phenoxy) is 1. The summed E-state index contributed by atoms with van der Waals surface area (Å²) < 4.78 is 7.24. The van der Waals surface area contributed by atoms with Crippen LogP contribution in [-0.4, -0.2) is 26.3 Å². The standard InChI is InChI=1S/C11H14N4O/c1-8(2)16-11-6-4-10(5-7-11)15-9(3)12-13-14-15/h4-8H,1-3H3. The summed E-state index contributed by atoms with van der Waals surface area (Å²) in [5.41, 5.74) is 0.929. The first kappa shape index (κ1) is 10.6. The van der Waals surface area contributed by atoms with Gasteiger partial charge in [0.25, 0.3) is 0 Å². The highest BCUT2D eigenvalue weighted by Crippen LogP contribution is 2.16. The summed E-state index contributed by atoms with van der Waals surface area (Å²) in [5, 5.41) is 11.3. The predicted octanol–water partition coefficient (Wildman–Crippen LogP) is 1.76. The van der Waals surface area contributed by atoms with Crippen LogP contribution in [0.2, 0.25) is 0 Å². The van der Waals surface area contributed by atoms with Gasteiger partial charge in [-0.25, -0.2) is 0 Å². The molecule has 1 aromatic carbocycles. The Bertz CT molecular complexity index is 461. The number of aryl methyl sites for hydroxylation is 1. The van der Waals surface area contributed by atoms with Gasteiger partial charge >= 0.3 is 0 Å². The number of benzene rings is 1. The minimum atomic E-state index is 0.181. The fourth-order valence-electron chi connectivity index (χ4n) is 1.41. The van der Waals surface area contributed by atoms with Crippen LogP contribution < -0.4 is 4.74 Å². The Morgan fingerprint density at radius 3 is 2.38 bits per heavy atom. The number of hydrogen-bond acceptors (Lipinski definition) is 4. The first-order valence-electron chi connectivity index (χ1n) is 5.19. The van der Waals surface area contributed by atoms with Crippen LogP contribution in [0.5, 0.6) is 5.75 Å². The number of hydrogen-bond donors (Lipinski definition) is 0. The van der Waals surface area contributed by atoms with Crippen molar-refractivity contribution in [3.63, 3.8) is 0 Å². The third-order valence-corrected chi connectivity index (χ3v) is 2.08. The van der Waals surface area contributed by atoms with Gasteiger partial charge in [0, 0.05) is 0 Å². The lowest BCUT2D eigenvalue weighted by Gasteiger charge is -2.09. The highest BCUT2D eigenvalue weighted by atomic mass is 16.5. The molecule has 1 heterocycles. The molecule has 0 radical (unpaired) electrons. The maximum atomic E-state index is 5.56. The van der Waals surface area contributed by atoms with Gasteiger partial charge in [0.2, 0.25) is 0 Å². The zero-order chi connectivity index (χ0) is 11.5. The van der Waals surface area contributed by atoms with Crippen molar-refractivity contribution in [3.8, 4) is 11.4 Å². The molecule has 0 spiro atoms. The van der Waals surface area contributed by atoms with Gasteiger partial charge in [0.15, 0.2) is 5.82 Å². The Labute approximate surface area is 94.0 Å². The average Bonchev–Trinajstić information content (AvgIpc) is 2.65. The molecule has 0 fully saturated rings. The Morgan fingerprint density at radius 1 is 1.19 bits per heavy atom. The van der Waals surface area contributed by atoms with Gasteiger partial charge in [-0.3, -0.25) is 0 Å². The first-order valence-corrected chi connectivity index (χ1v) is 5.19. The molecule has 2 aromatic rings. The molecule has 0 aliphatic carbocycles. The van der Waals surface area contributed by atoms with E-state index in [0.29, 0.717) is 0 Å². The second-order valence-corrected chi connectivity index (χ2v) is 3.80. The molecule has 0 N–H and O–H groups in total. The summed E-state index contributed by atoms with van der Waals surface area (Å²) in [4.78, 5) is 0. The SMILES string of the molecule is Cc1nnnn1-c1ccc(OC(C)C)cc1. The van der Waals surface area contributed by atoms with Gasteiger partial charge in [-0.2, -0.15) is 4.68 Å². The van der Waals surface area contributed by atoms with Crippen LogP contribution in [0, 0.1) is 6.92 Å². The Morgan fingerprint density at radius 2 is 1.88 bits per heavy atom. The van der Waals surface area contributed by atoms with Crippen LogP contribution in [0.4, 0.5) is 0 Å². The molecule has 0 aliphatic heterocycles. The van der Waals surface area contributed by atoms with E-state index in [4.69, 9.17) is 4.74 Å². The van der Waals surface area contributed by atoms with Gasteiger partial charge in [-0.15, -0.1) is 5.10 Å². The predicted molar refractivity (Wildman–Crippen MR) is 59.7 cm³/mol. The number of tetrazole rings is 1. The minimum absolute atomic E-state index is 0.181. The van der Waals surface area contributed by atoms with Crippen molar-refractivity contribution in [3.05, 3.63) is 30.1 Å². The molecule has 0 atom stereocenters. The lowest BCUT2D eigenvalue weighted by molar-refractivity contribution is 0.242. The molecule has 16 heavy (non-hydrogen) atoms. The summed E-state index contributed by atoms with van der Waals surface area (Å²) in [5.74, 6) is 1.61. The van der Waals surface area contributed by atoms with E-state index in [1.807, 2.05) is 45.0 Å². The van der Waals surface area contributed by atoms with Crippen LogP contribution in [0.1, 0.15) is 19.7 Å². The van der Waals surface area contributed by atoms with Gasteiger partial charge in [-0.1, -0.05) is 0 Å². The second-order valence-electron chi connectivity index (χ2n) is 3.80. The topological polar surface area (TPSA) is 52.8 Å². The highest BCUT2D eigenvalue weighted by Gasteiger charge is 2.03.